The highest BCUT2D eigenvalue weighted by Gasteiger charge is 2.14. The van der Waals surface area contributed by atoms with E-state index in [1.807, 2.05) is 25.1 Å². The van der Waals surface area contributed by atoms with Gasteiger partial charge >= 0.3 is 0 Å². The standard InChI is InChI=1S/C14H17BrClN3/c1-3-4-7-19-9(2)18-13(14(19)17)10-5-6-11(15)12(16)8-10/h5-6,8H,3-4,7,17H2,1-2H3. The second-order valence-corrected chi connectivity index (χ2v) is 5.79. The number of imidazole rings is 1. The van der Waals surface area contributed by atoms with Gasteiger partial charge in [-0.25, -0.2) is 4.98 Å². The molecule has 1 aromatic carbocycles. The van der Waals surface area contributed by atoms with Crippen LogP contribution in [-0.2, 0) is 6.54 Å². The summed E-state index contributed by atoms with van der Waals surface area (Å²) >= 11 is 9.51. The van der Waals surface area contributed by atoms with Crippen LogP contribution in [0.4, 0.5) is 5.82 Å². The summed E-state index contributed by atoms with van der Waals surface area (Å²) in [7, 11) is 0. The first kappa shape index (κ1) is 14.4. The van der Waals surface area contributed by atoms with E-state index in [1.54, 1.807) is 0 Å². The lowest BCUT2D eigenvalue weighted by Crippen LogP contribution is -2.04. The van der Waals surface area contributed by atoms with Crippen LogP contribution in [-0.4, -0.2) is 9.55 Å². The number of anilines is 1. The monoisotopic (exact) mass is 341 g/mol. The number of aryl methyl sites for hydroxylation is 1. The van der Waals surface area contributed by atoms with Crippen LogP contribution in [0.5, 0.6) is 0 Å². The Kier molecular flexibility index (Phi) is 4.53. The molecule has 102 valence electrons. The van der Waals surface area contributed by atoms with E-state index in [1.165, 1.54) is 0 Å². The Bertz CT molecular complexity index is 593. The van der Waals surface area contributed by atoms with Gasteiger partial charge in [0.15, 0.2) is 0 Å². The van der Waals surface area contributed by atoms with E-state index in [9.17, 15) is 0 Å². The first-order valence-corrected chi connectivity index (χ1v) is 7.49. The van der Waals surface area contributed by atoms with Gasteiger partial charge in [-0.05, 0) is 41.4 Å². The van der Waals surface area contributed by atoms with Crippen molar-refractivity contribution in [2.75, 3.05) is 5.73 Å². The maximum atomic E-state index is 6.21. The molecule has 0 aliphatic rings. The molecule has 19 heavy (non-hydrogen) atoms. The predicted octanol–water partition coefficient (Wildman–Crippen LogP) is 4.66. The smallest absolute Gasteiger partial charge is 0.131 e. The normalized spacial score (nSPS) is 10.9. The number of rotatable bonds is 4. The zero-order valence-electron chi connectivity index (χ0n) is 11.1. The third-order valence-corrected chi connectivity index (χ3v) is 4.36. The lowest BCUT2D eigenvalue weighted by atomic mass is 10.1. The molecule has 0 atom stereocenters. The van der Waals surface area contributed by atoms with Gasteiger partial charge in [0, 0.05) is 16.6 Å². The fourth-order valence-corrected chi connectivity index (χ4v) is 2.46. The Morgan fingerprint density at radius 2 is 2.16 bits per heavy atom. The molecule has 1 heterocycles. The van der Waals surface area contributed by atoms with E-state index in [4.69, 9.17) is 17.3 Å². The fourth-order valence-electron chi connectivity index (χ4n) is 2.04. The van der Waals surface area contributed by atoms with Gasteiger partial charge in [0.1, 0.15) is 17.3 Å². The summed E-state index contributed by atoms with van der Waals surface area (Å²) < 4.78 is 2.94. The van der Waals surface area contributed by atoms with Gasteiger partial charge in [-0.3, -0.25) is 0 Å². The van der Waals surface area contributed by atoms with E-state index < -0.39 is 0 Å². The van der Waals surface area contributed by atoms with Crippen molar-refractivity contribution in [3.8, 4) is 11.3 Å². The number of hydrogen-bond acceptors (Lipinski definition) is 2. The number of aromatic nitrogens is 2. The lowest BCUT2D eigenvalue weighted by Gasteiger charge is -2.07. The third kappa shape index (κ3) is 2.95. The minimum atomic E-state index is 0.665. The largest absolute Gasteiger partial charge is 0.383 e. The molecule has 0 unspecified atom stereocenters. The maximum Gasteiger partial charge on any atom is 0.131 e. The van der Waals surface area contributed by atoms with Crippen LogP contribution in [0, 0.1) is 6.92 Å². The zero-order chi connectivity index (χ0) is 14.0. The molecule has 2 rings (SSSR count). The number of benzene rings is 1. The number of nitrogens with zero attached hydrogens (tertiary/aromatic N) is 2. The minimum Gasteiger partial charge on any atom is -0.383 e. The van der Waals surface area contributed by atoms with Gasteiger partial charge in [-0.2, -0.15) is 0 Å². The van der Waals surface area contributed by atoms with Crippen LogP contribution < -0.4 is 5.73 Å². The molecule has 0 aliphatic heterocycles. The minimum absolute atomic E-state index is 0.665. The number of nitrogens with two attached hydrogens (primary N) is 1. The maximum absolute atomic E-state index is 6.21. The van der Waals surface area contributed by atoms with Crippen LogP contribution in [0.25, 0.3) is 11.3 Å². The van der Waals surface area contributed by atoms with Crippen LogP contribution in [0.2, 0.25) is 5.02 Å². The topological polar surface area (TPSA) is 43.8 Å². The number of nitrogen functional groups attached to an aromatic ring is 1. The van der Waals surface area contributed by atoms with E-state index in [0.29, 0.717) is 10.8 Å². The molecule has 3 nitrogen and oxygen atoms in total. The average molecular weight is 343 g/mol. The van der Waals surface area contributed by atoms with E-state index in [-0.39, 0.29) is 0 Å². The van der Waals surface area contributed by atoms with E-state index in [0.717, 1.165) is 40.9 Å². The number of hydrogen-bond donors (Lipinski definition) is 1. The molecule has 0 saturated carbocycles. The second-order valence-electron chi connectivity index (χ2n) is 4.53. The third-order valence-electron chi connectivity index (χ3n) is 3.13. The molecule has 0 fully saturated rings. The Morgan fingerprint density at radius 1 is 1.42 bits per heavy atom. The Balaban J connectivity index is 2.42. The van der Waals surface area contributed by atoms with Gasteiger partial charge in [0.2, 0.25) is 0 Å². The van der Waals surface area contributed by atoms with Crippen molar-refractivity contribution >= 4 is 33.3 Å². The molecule has 0 aliphatic carbocycles. The Hall–Kier alpha value is -1.00. The van der Waals surface area contributed by atoms with E-state index >= 15 is 0 Å². The van der Waals surface area contributed by atoms with Crippen molar-refractivity contribution in [2.24, 2.45) is 0 Å². The summed E-state index contributed by atoms with van der Waals surface area (Å²) in [5.74, 6) is 1.66. The molecular weight excluding hydrogens is 326 g/mol. The molecule has 2 N–H and O–H groups in total. The molecule has 0 amide bonds. The number of halogens is 2. The predicted molar refractivity (Wildman–Crippen MR) is 84.4 cm³/mol. The molecular formula is C14H17BrClN3. The molecule has 5 heteroatoms. The molecule has 0 spiro atoms. The fraction of sp³-hybridized carbons (Fsp3) is 0.357. The van der Waals surface area contributed by atoms with Crippen LogP contribution >= 0.6 is 27.5 Å². The zero-order valence-corrected chi connectivity index (χ0v) is 13.4. The summed E-state index contributed by atoms with van der Waals surface area (Å²) in [5, 5.41) is 0.665. The van der Waals surface area contributed by atoms with Crippen molar-refractivity contribution in [3.05, 3.63) is 33.5 Å². The van der Waals surface area contributed by atoms with Crippen molar-refractivity contribution < 1.29 is 0 Å². The lowest BCUT2D eigenvalue weighted by molar-refractivity contribution is 0.622. The molecule has 2 aromatic rings. The Morgan fingerprint density at radius 3 is 2.79 bits per heavy atom. The van der Waals surface area contributed by atoms with Gasteiger partial charge < -0.3 is 10.3 Å². The van der Waals surface area contributed by atoms with Gasteiger partial charge in [0.25, 0.3) is 0 Å². The van der Waals surface area contributed by atoms with Crippen LogP contribution in [0.1, 0.15) is 25.6 Å². The highest BCUT2D eigenvalue weighted by atomic mass is 79.9. The highest BCUT2D eigenvalue weighted by Crippen LogP contribution is 2.31. The van der Waals surface area contributed by atoms with E-state index in [2.05, 4.69) is 32.4 Å². The summed E-state index contributed by atoms with van der Waals surface area (Å²) in [6.45, 7) is 5.05. The molecule has 0 radical (unpaired) electrons. The molecule has 1 aromatic heterocycles. The first-order chi connectivity index (χ1) is 9.04. The summed E-state index contributed by atoms with van der Waals surface area (Å²) in [6, 6.07) is 5.77. The summed E-state index contributed by atoms with van der Waals surface area (Å²) in [5.41, 5.74) is 7.97. The van der Waals surface area contributed by atoms with Crippen molar-refractivity contribution in [1.82, 2.24) is 9.55 Å². The van der Waals surface area contributed by atoms with Crippen molar-refractivity contribution in [3.63, 3.8) is 0 Å². The summed E-state index contributed by atoms with van der Waals surface area (Å²) in [4.78, 5) is 4.57. The molecule has 0 saturated heterocycles. The van der Waals surface area contributed by atoms with Crippen molar-refractivity contribution in [2.45, 2.75) is 33.2 Å². The molecule has 0 bridgehead atoms. The second kappa shape index (κ2) is 5.97. The highest BCUT2D eigenvalue weighted by molar-refractivity contribution is 9.10. The quantitative estimate of drug-likeness (QED) is 0.878. The number of unbranched alkanes of at least 4 members (excludes halogenated alkanes) is 1. The summed E-state index contributed by atoms with van der Waals surface area (Å²) in [6.07, 6.45) is 2.23. The van der Waals surface area contributed by atoms with Gasteiger partial charge in [-0.15, -0.1) is 0 Å². The Labute approximate surface area is 126 Å². The van der Waals surface area contributed by atoms with Crippen molar-refractivity contribution in [1.29, 1.82) is 0 Å². The van der Waals surface area contributed by atoms with Crippen LogP contribution in [0.15, 0.2) is 22.7 Å². The SMILES string of the molecule is CCCCn1c(C)nc(-c2ccc(Br)c(Cl)c2)c1N. The average Bonchev–Trinajstić information content (AvgIpc) is 2.66. The van der Waals surface area contributed by atoms with Gasteiger partial charge in [0.05, 0.1) is 5.02 Å². The van der Waals surface area contributed by atoms with Gasteiger partial charge in [-0.1, -0.05) is 31.0 Å². The first-order valence-electron chi connectivity index (χ1n) is 6.32. The van der Waals surface area contributed by atoms with Crippen LogP contribution in [0.3, 0.4) is 0 Å².